The molecule has 1 aliphatic rings. The number of urea groups is 1. The second kappa shape index (κ2) is 7.14. The third-order valence-corrected chi connectivity index (χ3v) is 4.71. The van der Waals surface area contributed by atoms with Crippen molar-refractivity contribution in [3.8, 4) is 5.75 Å². The summed E-state index contributed by atoms with van der Waals surface area (Å²) in [7, 11) is 0. The molecular weight excluding hydrogens is 324 g/mol. The number of carbonyl (C=O) groups excluding carboxylic acids is 1. The summed E-state index contributed by atoms with van der Waals surface area (Å²) in [6.07, 6.45) is 0.851. The van der Waals surface area contributed by atoms with Gasteiger partial charge in [0.1, 0.15) is 5.75 Å². The molecular formula is C19H21ClN2O2. The first-order valence-electron chi connectivity index (χ1n) is 8.14. The van der Waals surface area contributed by atoms with Crippen molar-refractivity contribution in [1.82, 2.24) is 4.90 Å². The van der Waals surface area contributed by atoms with Crippen molar-refractivity contribution in [2.75, 3.05) is 18.5 Å². The van der Waals surface area contributed by atoms with E-state index in [-0.39, 0.29) is 6.03 Å². The highest BCUT2D eigenvalue weighted by Gasteiger charge is 2.21. The van der Waals surface area contributed by atoms with E-state index in [0.717, 1.165) is 29.0 Å². The zero-order chi connectivity index (χ0) is 17.1. The number of nitrogens with one attached hydrogen (secondary N) is 1. The third-order valence-electron chi connectivity index (χ3n) is 4.30. The summed E-state index contributed by atoms with van der Waals surface area (Å²) in [4.78, 5) is 14.4. The van der Waals surface area contributed by atoms with Gasteiger partial charge in [-0.05, 0) is 61.2 Å². The summed E-state index contributed by atoms with van der Waals surface area (Å²) in [5.74, 6) is 0.851. The lowest BCUT2D eigenvalue weighted by molar-refractivity contribution is 0.206. The van der Waals surface area contributed by atoms with Gasteiger partial charge in [-0.1, -0.05) is 23.7 Å². The van der Waals surface area contributed by atoms with Crippen molar-refractivity contribution in [2.45, 2.75) is 26.8 Å². The largest absolute Gasteiger partial charge is 0.494 e. The van der Waals surface area contributed by atoms with Crippen LogP contribution in [-0.2, 0) is 13.0 Å². The number of benzene rings is 2. The number of carbonyl (C=O) groups is 1. The van der Waals surface area contributed by atoms with Gasteiger partial charge in [0.05, 0.1) is 6.61 Å². The predicted molar refractivity (Wildman–Crippen MR) is 96.9 cm³/mol. The summed E-state index contributed by atoms with van der Waals surface area (Å²) in [6.45, 7) is 5.79. The van der Waals surface area contributed by atoms with Gasteiger partial charge in [0.15, 0.2) is 0 Å². The number of fused-ring (bicyclic) bond motifs is 1. The fourth-order valence-electron chi connectivity index (χ4n) is 2.90. The molecule has 0 aliphatic carbocycles. The Kier molecular flexibility index (Phi) is 4.95. The molecule has 1 aliphatic heterocycles. The molecule has 0 bridgehead atoms. The van der Waals surface area contributed by atoms with Crippen LogP contribution in [-0.4, -0.2) is 24.1 Å². The van der Waals surface area contributed by atoms with Crippen LogP contribution in [0.2, 0.25) is 5.02 Å². The van der Waals surface area contributed by atoms with Crippen LogP contribution in [0.25, 0.3) is 0 Å². The van der Waals surface area contributed by atoms with Crippen LogP contribution >= 0.6 is 11.6 Å². The lowest BCUT2D eigenvalue weighted by Crippen LogP contribution is -2.39. The third kappa shape index (κ3) is 3.49. The predicted octanol–water partition coefficient (Wildman–Crippen LogP) is 4.64. The Balaban J connectivity index is 1.73. The van der Waals surface area contributed by atoms with E-state index in [1.54, 1.807) is 0 Å². The highest BCUT2D eigenvalue weighted by Crippen LogP contribution is 2.26. The van der Waals surface area contributed by atoms with E-state index in [2.05, 4.69) is 11.4 Å². The molecule has 0 aromatic heterocycles. The second-order valence-electron chi connectivity index (χ2n) is 5.88. The number of rotatable bonds is 3. The zero-order valence-corrected chi connectivity index (χ0v) is 14.7. The van der Waals surface area contributed by atoms with Crippen molar-refractivity contribution < 1.29 is 9.53 Å². The first kappa shape index (κ1) is 16.7. The molecule has 5 heteroatoms. The van der Waals surface area contributed by atoms with Crippen LogP contribution in [0.4, 0.5) is 10.5 Å². The molecule has 24 heavy (non-hydrogen) atoms. The van der Waals surface area contributed by atoms with Crippen molar-refractivity contribution >= 4 is 23.3 Å². The Morgan fingerprint density at radius 3 is 2.92 bits per heavy atom. The smallest absolute Gasteiger partial charge is 0.322 e. The fourth-order valence-corrected chi connectivity index (χ4v) is 3.07. The first-order chi connectivity index (χ1) is 11.6. The quantitative estimate of drug-likeness (QED) is 0.881. The molecule has 126 valence electrons. The van der Waals surface area contributed by atoms with Gasteiger partial charge in [0.25, 0.3) is 0 Å². The molecule has 3 rings (SSSR count). The highest BCUT2D eigenvalue weighted by atomic mass is 35.5. The molecule has 0 spiro atoms. The van der Waals surface area contributed by atoms with Gasteiger partial charge in [-0.25, -0.2) is 4.79 Å². The molecule has 2 aromatic carbocycles. The molecule has 4 nitrogen and oxygen atoms in total. The monoisotopic (exact) mass is 344 g/mol. The highest BCUT2D eigenvalue weighted by molar-refractivity contribution is 6.31. The number of anilines is 1. The second-order valence-corrected chi connectivity index (χ2v) is 6.28. The zero-order valence-electron chi connectivity index (χ0n) is 13.9. The van der Waals surface area contributed by atoms with Gasteiger partial charge < -0.3 is 15.0 Å². The van der Waals surface area contributed by atoms with Crippen LogP contribution in [0, 0.1) is 6.92 Å². The van der Waals surface area contributed by atoms with Gasteiger partial charge in [-0.15, -0.1) is 0 Å². The number of hydrogen-bond donors (Lipinski definition) is 1. The number of ether oxygens (including phenoxy) is 1. The molecule has 0 atom stereocenters. The maximum atomic E-state index is 12.6. The molecule has 0 unspecified atom stereocenters. The normalized spacial score (nSPS) is 13.4. The molecule has 2 amide bonds. The lowest BCUT2D eigenvalue weighted by atomic mass is 10.00. The van der Waals surface area contributed by atoms with E-state index >= 15 is 0 Å². The van der Waals surface area contributed by atoms with Crippen LogP contribution in [0.3, 0.4) is 0 Å². The Morgan fingerprint density at radius 2 is 2.12 bits per heavy atom. The number of nitrogens with zero attached hydrogens (tertiary/aromatic N) is 1. The number of hydrogen-bond acceptors (Lipinski definition) is 2. The minimum absolute atomic E-state index is 0.104. The Bertz CT molecular complexity index is 761. The van der Waals surface area contributed by atoms with E-state index in [9.17, 15) is 4.79 Å². The van der Waals surface area contributed by atoms with Crippen LogP contribution in [0.15, 0.2) is 36.4 Å². The Hall–Kier alpha value is -2.20. The molecule has 0 radical (unpaired) electrons. The maximum Gasteiger partial charge on any atom is 0.322 e. The standard InChI is InChI=1S/C19H21ClN2O2/c1-3-24-16-8-7-14-9-10-22(12-15(14)11-16)19(23)21-18-6-4-5-17(20)13(18)2/h4-8,11H,3,9-10,12H2,1-2H3,(H,21,23). The van der Waals surface area contributed by atoms with Crippen molar-refractivity contribution in [2.24, 2.45) is 0 Å². The first-order valence-corrected chi connectivity index (χ1v) is 8.52. The molecule has 1 N–H and O–H groups in total. The Labute approximate surface area is 147 Å². The van der Waals surface area contributed by atoms with Gasteiger partial charge in [0.2, 0.25) is 0 Å². The van der Waals surface area contributed by atoms with Crippen LogP contribution in [0.1, 0.15) is 23.6 Å². The SMILES string of the molecule is CCOc1ccc2c(c1)CN(C(=O)Nc1cccc(Cl)c1C)CC2. The van der Waals surface area contributed by atoms with Crippen molar-refractivity contribution in [3.05, 3.63) is 58.1 Å². The number of amides is 2. The number of halogens is 1. The minimum Gasteiger partial charge on any atom is -0.494 e. The molecule has 0 saturated carbocycles. The van der Waals surface area contributed by atoms with Crippen LogP contribution < -0.4 is 10.1 Å². The average Bonchev–Trinajstić information content (AvgIpc) is 2.58. The average molecular weight is 345 g/mol. The minimum atomic E-state index is -0.104. The summed E-state index contributed by atoms with van der Waals surface area (Å²) in [6, 6.07) is 11.5. The molecule has 2 aromatic rings. The molecule has 0 saturated heterocycles. The van der Waals surface area contributed by atoms with Crippen molar-refractivity contribution in [1.29, 1.82) is 0 Å². The Morgan fingerprint density at radius 1 is 1.29 bits per heavy atom. The van der Waals surface area contributed by atoms with E-state index in [0.29, 0.717) is 24.7 Å². The summed E-state index contributed by atoms with van der Waals surface area (Å²) in [5.41, 5.74) is 4.05. The fraction of sp³-hybridized carbons (Fsp3) is 0.316. The van der Waals surface area contributed by atoms with E-state index in [1.165, 1.54) is 5.56 Å². The molecule has 1 heterocycles. The van der Waals surface area contributed by atoms with Crippen LogP contribution in [0.5, 0.6) is 5.75 Å². The van der Waals surface area contributed by atoms with Gasteiger partial charge in [0, 0.05) is 23.8 Å². The van der Waals surface area contributed by atoms with Gasteiger partial charge in [-0.2, -0.15) is 0 Å². The van der Waals surface area contributed by atoms with E-state index < -0.39 is 0 Å². The molecule has 0 fully saturated rings. The summed E-state index contributed by atoms with van der Waals surface area (Å²) < 4.78 is 5.56. The topological polar surface area (TPSA) is 41.6 Å². The van der Waals surface area contributed by atoms with Gasteiger partial charge in [-0.3, -0.25) is 0 Å². The maximum absolute atomic E-state index is 12.6. The summed E-state index contributed by atoms with van der Waals surface area (Å²) in [5, 5.41) is 3.61. The van der Waals surface area contributed by atoms with Crippen molar-refractivity contribution in [3.63, 3.8) is 0 Å². The van der Waals surface area contributed by atoms with E-state index in [1.807, 2.05) is 49.1 Å². The van der Waals surface area contributed by atoms with Gasteiger partial charge >= 0.3 is 6.03 Å². The van der Waals surface area contributed by atoms with E-state index in [4.69, 9.17) is 16.3 Å². The lowest BCUT2D eigenvalue weighted by Gasteiger charge is -2.29. The summed E-state index contributed by atoms with van der Waals surface area (Å²) >= 11 is 6.12.